The molecule has 2 aromatic heterocycles. The predicted octanol–water partition coefficient (Wildman–Crippen LogP) is 3.39. The third kappa shape index (κ3) is 4.92. The molecule has 0 spiro atoms. The third-order valence-corrected chi connectivity index (χ3v) is 6.37. The monoisotopic (exact) mass is 470 g/mol. The van der Waals surface area contributed by atoms with E-state index in [1.54, 1.807) is 24.3 Å². The molecule has 10 heteroatoms. The van der Waals surface area contributed by atoms with Crippen molar-refractivity contribution >= 4 is 57.2 Å². The van der Waals surface area contributed by atoms with E-state index in [4.69, 9.17) is 9.15 Å². The van der Waals surface area contributed by atoms with Gasteiger partial charge in [-0.25, -0.2) is 4.79 Å². The fourth-order valence-electron chi connectivity index (χ4n) is 3.10. The molecule has 0 unspecified atom stereocenters. The second-order valence-electron chi connectivity index (χ2n) is 6.89. The van der Waals surface area contributed by atoms with Gasteiger partial charge in [-0.15, -0.1) is 11.3 Å². The zero-order chi connectivity index (χ0) is 22.7. The number of fused-ring (bicyclic) bond motifs is 1. The molecule has 1 fully saturated rings. The lowest BCUT2D eigenvalue weighted by molar-refractivity contribution is -0.125. The first-order chi connectivity index (χ1) is 15.4. The Kier molecular flexibility index (Phi) is 6.42. The van der Waals surface area contributed by atoms with Crippen LogP contribution in [0.4, 0.5) is 4.79 Å². The van der Waals surface area contributed by atoms with Crippen LogP contribution < -0.4 is 15.7 Å². The van der Waals surface area contributed by atoms with Crippen LogP contribution in [0.2, 0.25) is 0 Å². The largest absolute Gasteiger partial charge is 0.484 e. The van der Waals surface area contributed by atoms with E-state index in [1.807, 2.05) is 24.4 Å². The average Bonchev–Trinajstić information content (AvgIpc) is 3.35. The van der Waals surface area contributed by atoms with Crippen LogP contribution in [-0.4, -0.2) is 41.6 Å². The van der Waals surface area contributed by atoms with Crippen molar-refractivity contribution in [3.63, 3.8) is 0 Å². The molecule has 0 aliphatic carbocycles. The van der Waals surface area contributed by atoms with Gasteiger partial charge in [0, 0.05) is 35.5 Å². The first-order valence-corrected chi connectivity index (χ1v) is 11.3. The first kappa shape index (κ1) is 21.8. The zero-order valence-corrected chi connectivity index (χ0v) is 18.6. The standard InChI is InChI=1S/C22H18N2O6S2/c1-13-9-20(26)30-17-10-14(4-5-16(13)17)29-12-19(25)23-6-7-24-21(27)18(32-22(24)28)11-15-3-2-8-31-15/h2-5,8-11H,6-7,12H2,1H3,(H,23,25). The normalized spacial score (nSPS) is 15.0. The topological polar surface area (TPSA) is 106 Å². The van der Waals surface area contributed by atoms with E-state index < -0.39 is 11.5 Å². The highest BCUT2D eigenvalue weighted by Gasteiger charge is 2.34. The van der Waals surface area contributed by atoms with Gasteiger partial charge in [-0.3, -0.25) is 19.3 Å². The number of thiophene rings is 1. The molecule has 3 heterocycles. The molecule has 8 nitrogen and oxygen atoms in total. The van der Waals surface area contributed by atoms with Crippen molar-refractivity contribution in [2.24, 2.45) is 0 Å². The number of carbonyl (C=O) groups excluding carboxylic acids is 3. The van der Waals surface area contributed by atoms with Crippen LogP contribution in [0, 0.1) is 6.92 Å². The summed E-state index contributed by atoms with van der Waals surface area (Å²) in [5, 5.41) is 4.94. The molecule has 0 atom stereocenters. The van der Waals surface area contributed by atoms with Gasteiger partial charge in [0.2, 0.25) is 0 Å². The molecule has 1 N–H and O–H groups in total. The SMILES string of the molecule is Cc1cc(=O)oc2cc(OCC(=O)NCCN3C(=O)SC(=Cc4cccs4)C3=O)ccc12. The summed E-state index contributed by atoms with van der Waals surface area (Å²) in [7, 11) is 0. The summed E-state index contributed by atoms with van der Waals surface area (Å²) < 4.78 is 10.6. The van der Waals surface area contributed by atoms with Crippen molar-refractivity contribution < 1.29 is 23.5 Å². The Bertz CT molecular complexity index is 1280. The number of aryl methyl sites for hydroxylation is 1. The number of hydrogen-bond acceptors (Lipinski definition) is 8. The summed E-state index contributed by atoms with van der Waals surface area (Å²) in [6.07, 6.45) is 1.69. The van der Waals surface area contributed by atoms with E-state index in [1.165, 1.54) is 17.4 Å². The van der Waals surface area contributed by atoms with Gasteiger partial charge in [-0.2, -0.15) is 0 Å². The highest BCUT2D eigenvalue weighted by atomic mass is 32.2. The van der Waals surface area contributed by atoms with Gasteiger partial charge < -0.3 is 14.5 Å². The smallest absolute Gasteiger partial charge is 0.336 e. The van der Waals surface area contributed by atoms with Crippen molar-refractivity contribution in [1.29, 1.82) is 0 Å². The van der Waals surface area contributed by atoms with Crippen molar-refractivity contribution in [1.82, 2.24) is 10.2 Å². The number of benzene rings is 1. The fraction of sp³-hybridized carbons (Fsp3) is 0.182. The first-order valence-electron chi connectivity index (χ1n) is 9.63. The number of amides is 3. The summed E-state index contributed by atoms with van der Waals surface area (Å²) in [5.74, 6) is -0.394. The van der Waals surface area contributed by atoms with E-state index in [0.29, 0.717) is 16.2 Å². The van der Waals surface area contributed by atoms with E-state index >= 15 is 0 Å². The molecule has 1 aliphatic heterocycles. The van der Waals surface area contributed by atoms with Gasteiger partial charge in [-0.1, -0.05) is 6.07 Å². The maximum absolute atomic E-state index is 12.4. The second-order valence-corrected chi connectivity index (χ2v) is 8.87. The molecule has 4 rings (SSSR count). The van der Waals surface area contributed by atoms with Gasteiger partial charge in [0.05, 0.1) is 4.91 Å². The van der Waals surface area contributed by atoms with E-state index in [-0.39, 0.29) is 30.8 Å². The lowest BCUT2D eigenvalue weighted by Gasteiger charge is -2.13. The maximum atomic E-state index is 12.4. The Morgan fingerprint density at radius 1 is 1.22 bits per heavy atom. The summed E-state index contributed by atoms with van der Waals surface area (Å²) in [6.45, 7) is 1.72. The Morgan fingerprint density at radius 3 is 2.84 bits per heavy atom. The average molecular weight is 471 g/mol. The summed E-state index contributed by atoms with van der Waals surface area (Å²) in [5.41, 5.74) is 0.712. The summed E-state index contributed by atoms with van der Waals surface area (Å²) in [4.78, 5) is 50.5. The Morgan fingerprint density at radius 2 is 2.06 bits per heavy atom. The van der Waals surface area contributed by atoms with Crippen molar-refractivity contribution in [3.8, 4) is 5.75 Å². The quantitative estimate of drug-likeness (QED) is 0.417. The van der Waals surface area contributed by atoms with Crippen LogP contribution in [0.1, 0.15) is 10.4 Å². The molecule has 3 amide bonds. The molecule has 0 radical (unpaired) electrons. The zero-order valence-electron chi connectivity index (χ0n) is 17.0. The molecule has 164 valence electrons. The number of thioether (sulfide) groups is 1. The summed E-state index contributed by atoms with van der Waals surface area (Å²) in [6, 6.07) is 10.1. The molecule has 3 aromatic rings. The molecule has 1 saturated heterocycles. The highest BCUT2D eigenvalue weighted by molar-refractivity contribution is 8.18. The van der Waals surface area contributed by atoms with Gasteiger partial charge in [0.25, 0.3) is 17.1 Å². The van der Waals surface area contributed by atoms with E-state index in [9.17, 15) is 19.2 Å². The number of carbonyl (C=O) groups is 3. The predicted molar refractivity (Wildman–Crippen MR) is 123 cm³/mol. The van der Waals surface area contributed by atoms with Crippen LogP contribution in [0.5, 0.6) is 5.75 Å². The number of ether oxygens (including phenoxy) is 1. The number of nitrogens with zero attached hydrogens (tertiary/aromatic N) is 1. The molecular formula is C22H18N2O6S2. The number of imide groups is 1. The van der Waals surface area contributed by atoms with Crippen LogP contribution in [0.25, 0.3) is 17.0 Å². The molecule has 1 aromatic carbocycles. The molecular weight excluding hydrogens is 452 g/mol. The Balaban J connectivity index is 1.27. The number of hydrogen-bond donors (Lipinski definition) is 1. The van der Waals surface area contributed by atoms with Crippen LogP contribution in [0.3, 0.4) is 0 Å². The minimum absolute atomic E-state index is 0.0681. The van der Waals surface area contributed by atoms with Crippen molar-refractivity contribution in [3.05, 3.63) is 67.5 Å². The molecule has 1 aliphatic rings. The van der Waals surface area contributed by atoms with Crippen molar-refractivity contribution in [2.75, 3.05) is 19.7 Å². The molecule has 0 bridgehead atoms. The van der Waals surface area contributed by atoms with Crippen LogP contribution in [-0.2, 0) is 9.59 Å². The van der Waals surface area contributed by atoms with Crippen molar-refractivity contribution in [2.45, 2.75) is 6.92 Å². The second kappa shape index (κ2) is 9.41. The maximum Gasteiger partial charge on any atom is 0.336 e. The highest BCUT2D eigenvalue weighted by Crippen LogP contribution is 2.32. The Hall–Kier alpha value is -3.37. The van der Waals surface area contributed by atoms with Gasteiger partial charge in [-0.05, 0) is 53.9 Å². The van der Waals surface area contributed by atoms with Crippen LogP contribution in [0.15, 0.2) is 55.9 Å². The third-order valence-electron chi connectivity index (χ3n) is 4.64. The molecule has 0 saturated carbocycles. The van der Waals surface area contributed by atoms with Gasteiger partial charge >= 0.3 is 5.63 Å². The number of nitrogens with one attached hydrogen (secondary N) is 1. The van der Waals surface area contributed by atoms with E-state index in [2.05, 4.69) is 5.32 Å². The van der Waals surface area contributed by atoms with E-state index in [0.717, 1.165) is 32.5 Å². The number of rotatable bonds is 7. The molecule has 32 heavy (non-hydrogen) atoms. The van der Waals surface area contributed by atoms with Gasteiger partial charge in [0.1, 0.15) is 11.3 Å². The van der Waals surface area contributed by atoms with Crippen LogP contribution >= 0.6 is 23.1 Å². The Labute approximate surface area is 190 Å². The lowest BCUT2D eigenvalue weighted by Crippen LogP contribution is -2.38. The minimum atomic E-state index is -0.456. The fourth-order valence-corrected chi connectivity index (χ4v) is 4.69. The lowest BCUT2D eigenvalue weighted by atomic mass is 10.1. The minimum Gasteiger partial charge on any atom is -0.484 e. The summed E-state index contributed by atoms with van der Waals surface area (Å²) >= 11 is 2.36. The van der Waals surface area contributed by atoms with Gasteiger partial charge in [0.15, 0.2) is 6.61 Å².